The zero-order chi connectivity index (χ0) is 29.1. The molecular weight excluding hydrogens is 528 g/mol. The molecule has 1 unspecified atom stereocenters. The van der Waals surface area contributed by atoms with Gasteiger partial charge in [-0.3, -0.25) is 14.5 Å². The monoisotopic (exact) mass is 568 g/mol. The minimum Gasteiger partial charge on any atom is -0.368 e. The van der Waals surface area contributed by atoms with Crippen molar-refractivity contribution in [1.82, 2.24) is 9.80 Å². The molecule has 3 aromatic carbocycles. The Hall–Kier alpha value is -3.80. The molecule has 0 spiro atoms. The Bertz CT molecular complexity index is 1580. The van der Waals surface area contributed by atoms with E-state index in [-0.39, 0.29) is 5.91 Å². The Morgan fingerprint density at radius 1 is 0.878 bits per heavy atom. The van der Waals surface area contributed by atoms with Gasteiger partial charge in [0.2, 0.25) is 0 Å². The molecule has 0 aliphatic carbocycles. The van der Waals surface area contributed by atoms with Crippen LogP contribution in [0.2, 0.25) is 0 Å². The lowest BCUT2D eigenvalue weighted by molar-refractivity contribution is 0.0745. The molecular formula is C33H40N6OS. The van der Waals surface area contributed by atoms with Crippen LogP contribution in [-0.4, -0.2) is 80.2 Å². The second-order valence-corrected chi connectivity index (χ2v) is 13.9. The molecule has 0 radical (unpaired) electrons. The summed E-state index contributed by atoms with van der Waals surface area (Å²) in [5.74, 6) is 4.21. The summed E-state index contributed by atoms with van der Waals surface area (Å²) in [7, 11) is -1.84. The zero-order valence-corrected chi connectivity index (χ0v) is 25.2. The van der Waals surface area contributed by atoms with Gasteiger partial charge in [-0.25, -0.2) is 0 Å². The molecule has 2 aliphatic rings. The number of nitrogens with one attached hydrogen (secondary N) is 1. The molecule has 7 nitrogen and oxygen atoms in total. The van der Waals surface area contributed by atoms with E-state index < -0.39 is 9.41 Å². The fourth-order valence-corrected chi connectivity index (χ4v) is 6.99. The van der Waals surface area contributed by atoms with Gasteiger partial charge >= 0.3 is 0 Å². The molecule has 0 bridgehead atoms. The van der Waals surface area contributed by atoms with Crippen LogP contribution >= 0.6 is 0 Å². The molecule has 0 aromatic heterocycles. The van der Waals surface area contributed by atoms with E-state index in [2.05, 4.69) is 51.8 Å². The lowest BCUT2D eigenvalue weighted by atomic mass is 9.98. The van der Waals surface area contributed by atoms with E-state index in [1.165, 1.54) is 11.1 Å². The summed E-state index contributed by atoms with van der Waals surface area (Å²) in [5.41, 5.74) is 7.04. The number of aryl methyl sites for hydroxylation is 2. The van der Waals surface area contributed by atoms with Crippen LogP contribution in [0.4, 0.5) is 11.4 Å². The Morgan fingerprint density at radius 2 is 1.46 bits per heavy atom. The maximum atomic E-state index is 13.7. The van der Waals surface area contributed by atoms with Gasteiger partial charge in [0.1, 0.15) is 6.07 Å². The number of benzene rings is 3. The van der Waals surface area contributed by atoms with Crippen molar-refractivity contribution >= 4 is 32.6 Å². The van der Waals surface area contributed by atoms with Gasteiger partial charge in [0.05, 0.1) is 16.9 Å². The van der Waals surface area contributed by atoms with Crippen molar-refractivity contribution in [3.8, 4) is 6.07 Å². The minimum absolute atomic E-state index is 0.0997. The van der Waals surface area contributed by atoms with Gasteiger partial charge in [-0.2, -0.15) is 5.26 Å². The van der Waals surface area contributed by atoms with Crippen molar-refractivity contribution in [3.05, 3.63) is 88.5 Å². The van der Waals surface area contributed by atoms with Gasteiger partial charge < -0.3 is 14.7 Å². The molecule has 2 heterocycles. The largest absolute Gasteiger partial charge is 0.368 e. The lowest BCUT2D eigenvalue weighted by Crippen LogP contribution is -2.49. The number of hydrogen-bond acceptors (Lipinski definition) is 6. The molecule has 3 aromatic rings. The molecule has 2 aliphatic heterocycles. The first-order valence-corrected chi connectivity index (χ1v) is 16.4. The van der Waals surface area contributed by atoms with Crippen LogP contribution in [-0.2, 0) is 16.0 Å². The van der Waals surface area contributed by atoms with E-state index in [1.54, 1.807) is 0 Å². The predicted octanol–water partition coefficient (Wildman–Crippen LogP) is 4.80. The number of para-hydroxylation sites is 2. The maximum Gasteiger partial charge on any atom is 0.254 e. The molecule has 8 heteroatoms. The van der Waals surface area contributed by atoms with Crippen LogP contribution in [0, 0.1) is 30.0 Å². The highest BCUT2D eigenvalue weighted by Crippen LogP contribution is 2.28. The first-order chi connectivity index (χ1) is 19.7. The van der Waals surface area contributed by atoms with Crippen molar-refractivity contribution in [3.63, 3.8) is 0 Å². The van der Waals surface area contributed by atoms with Crippen LogP contribution in [0.25, 0.3) is 0 Å². The van der Waals surface area contributed by atoms with Gasteiger partial charge in [-0.15, -0.1) is 9.41 Å². The highest BCUT2D eigenvalue weighted by atomic mass is 32.2. The molecule has 1 atom stereocenters. The van der Waals surface area contributed by atoms with E-state index in [4.69, 9.17) is 4.78 Å². The van der Waals surface area contributed by atoms with Crippen molar-refractivity contribution in [2.24, 2.45) is 0 Å². The van der Waals surface area contributed by atoms with Gasteiger partial charge in [-0.05, 0) is 67.1 Å². The second-order valence-electron chi connectivity index (χ2n) is 11.3. The lowest BCUT2D eigenvalue weighted by Gasteiger charge is -2.38. The zero-order valence-electron chi connectivity index (χ0n) is 24.4. The summed E-state index contributed by atoms with van der Waals surface area (Å²) in [5, 5.41) is 9.49. The van der Waals surface area contributed by atoms with Gasteiger partial charge in [0.15, 0.2) is 0 Å². The average molecular weight is 569 g/mol. The molecule has 1 N–H and O–H groups in total. The number of rotatable bonds is 6. The van der Waals surface area contributed by atoms with Gasteiger partial charge in [0, 0.05) is 69.4 Å². The Kier molecular flexibility index (Phi) is 8.39. The van der Waals surface area contributed by atoms with E-state index in [9.17, 15) is 10.1 Å². The third-order valence-electron chi connectivity index (χ3n) is 8.30. The number of nitriles is 1. The van der Waals surface area contributed by atoms with Gasteiger partial charge in [-0.1, -0.05) is 36.2 Å². The highest BCUT2D eigenvalue weighted by Gasteiger charge is 2.26. The molecule has 1 amide bonds. The number of piperazine rings is 2. The third-order valence-corrected chi connectivity index (χ3v) is 9.62. The summed E-state index contributed by atoms with van der Waals surface area (Å²) >= 11 is 0. The van der Waals surface area contributed by atoms with Crippen molar-refractivity contribution in [2.45, 2.75) is 25.3 Å². The van der Waals surface area contributed by atoms with Gasteiger partial charge in [0.25, 0.3) is 5.91 Å². The fourth-order valence-electron chi connectivity index (χ4n) is 5.95. The molecule has 2 saturated heterocycles. The second kappa shape index (κ2) is 12.0. The Balaban J connectivity index is 1.24. The van der Waals surface area contributed by atoms with Crippen molar-refractivity contribution in [1.29, 1.82) is 10.0 Å². The first-order valence-electron chi connectivity index (χ1n) is 14.2. The number of carbonyl (C=O) groups excluding carboxylic acids is 1. The average Bonchev–Trinajstić information content (AvgIpc) is 2.98. The Labute approximate surface area is 245 Å². The first kappa shape index (κ1) is 28.7. The number of amides is 1. The van der Waals surface area contributed by atoms with E-state index in [0.717, 1.165) is 78.8 Å². The number of carbonyl (C=O) groups is 1. The van der Waals surface area contributed by atoms with Crippen molar-refractivity contribution < 1.29 is 4.79 Å². The molecule has 41 heavy (non-hydrogen) atoms. The molecule has 5 rings (SSSR count). The summed E-state index contributed by atoms with van der Waals surface area (Å²) in [6.45, 7) is 11.3. The van der Waals surface area contributed by atoms with Crippen LogP contribution in [0.15, 0.2) is 65.6 Å². The Morgan fingerprint density at radius 3 is 2.12 bits per heavy atom. The maximum absolute atomic E-state index is 13.7. The number of anilines is 2. The summed E-state index contributed by atoms with van der Waals surface area (Å²) in [6.07, 6.45) is 1.90. The predicted molar refractivity (Wildman–Crippen MR) is 171 cm³/mol. The normalized spacial score (nSPS) is 17.7. The molecule has 2 fully saturated rings. The molecule has 0 saturated carbocycles. The third kappa shape index (κ3) is 6.27. The summed E-state index contributed by atoms with van der Waals surface area (Å²) in [4.78, 5) is 23.7. The smallest absolute Gasteiger partial charge is 0.254 e. The van der Waals surface area contributed by atoms with Crippen molar-refractivity contribution in [2.75, 3.05) is 68.4 Å². The van der Waals surface area contributed by atoms with E-state index in [0.29, 0.717) is 13.1 Å². The quantitative estimate of drug-likeness (QED) is 0.433. The SMILES string of the molecule is C=S(C)(=N)c1ccccc1N1CCN(C(=O)c2cc(CN3CCN(c4ccccc4C#N)CC3)c(C)cc2C)CC1. The topological polar surface area (TPSA) is 77.7 Å². The van der Waals surface area contributed by atoms with Crippen LogP contribution in [0.3, 0.4) is 0 Å². The van der Waals surface area contributed by atoms with Crippen LogP contribution in [0.5, 0.6) is 0 Å². The highest BCUT2D eigenvalue weighted by molar-refractivity contribution is 8.00. The summed E-state index contributed by atoms with van der Waals surface area (Å²) in [6, 6.07) is 22.5. The minimum atomic E-state index is -1.84. The summed E-state index contributed by atoms with van der Waals surface area (Å²) < 4.78 is 8.54. The van der Waals surface area contributed by atoms with E-state index in [1.807, 2.05) is 60.5 Å². The molecule has 214 valence electrons. The number of nitrogens with zero attached hydrogens (tertiary/aromatic N) is 5. The van der Waals surface area contributed by atoms with E-state index >= 15 is 0 Å². The van der Waals surface area contributed by atoms with Crippen LogP contribution < -0.4 is 9.80 Å². The fraction of sp³-hybridized carbons (Fsp3) is 0.364. The standard InChI is InChI=1S/C33H40N6OS/c1-25-21-26(2)29(22-28(25)24-36-13-15-37(16-14-36)30-10-6-5-9-27(30)23-34)33(40)39-19-17-38(18-20-39)31-11-7-8-12-32(31)41(3,4)35/h5-12,21-22,35H,3,13-20,24H2,1-2,4H3. The van der Waals surface area contributed by atoms with Crippen LogP contribution in [0.1, 0.15) is 32.6 Å². The number of hydrogen-bond donors (Lipinski definition) is 1.